The molecule has 0 unspecified atom stereocenters. The Labute approximate surface area is 124 Å². The van der Waals surface area contributed by atoms with Crippen molar-refractivity contribution in [3.63, 3.8) is 0 Å². The summed E-state index contributed by atoms with van der Waals surface area (Å²) in [5, 5.41) is 2.98. The summed E-state index contributed by atoms with van der Waals surface area (Å²) in [5.41, 5.74) is 2.30. The summed E-state index contributed by atoms with van der Waals surface area (Å²) in [5.74, 6) is 0.770. The largest absolute Gasteiger partial charge is 0.493 e. The molecule has 0 radical (unpaired) electrons. The van der Waals surface area contributed by atoms with Gasteiger partial charge >= 0.3 is 0 Å². The molecule has 2 aromatic carbocycles. The maximum atomic E-state index is 12.4. The number of sulfonamides is 1. The van der Waals surface area contributed by atoms with Crippen LogP contribution in [0.25, 0.3) is 0 Å². The molecule has 2 N–H and O–H groups in total. The molecule has 0 amide bonds. The molecule has 0 aliphatic carbocycles. The summed E-state index contributed by atoms with van der Waals surface area (Å²) >= 11 is 0. The molecule has 1 aliphatic heterocycles. The van der Waals surface area contributed by atoms with Gasteiger partial charge in [-0.2, -0.15) is 0 Å². The maximum Gasteiger partial charge on any atom is 0.261 e. The van der Waals surface area contributed by atoms with Gasteiger partial charge in [-0.05, 0) is 42.0 Å². The van der Waals surface area contributed by atoms with E-state index in [4.69, 9.17) is 4.74 Å². The highest BCUT2D eigenvalue weighted by Gasteiger charge is 2.19. The monoisotopic (exact) mass is 304 g/mol. The van der Waals surface area contributed by atoms with E-state index in [-0.39, 0.29) is 4.90 Å². The summed E-state index contributed by atoms with van der Waals surface area (Å²) in [7, 11) is -1.81. The summed E-state index contributed by atoms with van der Waals surface area (Å²) < 4.78 is 32.8. The molecule has 0 aromatic heterocycles. The Bertz CT molecular complexity index is 772. The van der Waals surface area contributed by atoms with Crippen molar-refractivity contribution in [3.8, 4) is 5.75 Å². The molecule has 0 spiro atoms. The molecule has 0 saturated carbocycles. The Morgan fingerprint density at radius 1 is 1.10 bits per heavy atom. The zero-order valence-electron chi connectivity index (χ0n) is 11.6. The molecule has 0 saturated heterocycles. The highest BCUT2D eigenvalue weighted by Crippen LogP contribution is 2.28. The molecule has 1 heterocycles. The zero-order valence-corrected chi connectivity index (χ0v) is 12.4. The minimum absolute atomic E-state index is 0.251. The van der Waals surface area contributed by atoms with Crippen molar-refractivity contribution in [2.75, 3.05) is 23.7 Å². The van der Waals surface area contributed by atoms with Gasteiger partial charge in [-0.25, -0.2) is 8.42 Å². The molecule has 0 fully saturated rings. The van der Waals surface area contributed by atoms with Crippen LogP contribution in [0.4, 0.5) is 11.4 Å². The molecule has 5 nitrogen and oxygen atoms in total. The van der Waals surface area contributed by atoms with Crippen LogP contribution in [-0.4, -0.2) is 22.1 Å². The molecular formula is C15H16N2O3S. The van der Waals surface area contributed by atoms with Crippen molar-refractivity contribution in [2.45, 2.75) is 11.3 Å². The fourth-order valence-corrected chi connectivity index (χ4v) is 3.38. The van der Waals surface area contributed by atoms with Crippen molar-refractivity contribution in [3.05, 3.63) is 48.0 Å². The quantitative estimate of drug-likeness (QED) is 0.910. The van der Waals surface area contributed by atoms with Gasteiger partial charge in [0.25, 0.3) is 10.0 Å². The van der Waals surface area contributed by atoms with Crippen LogP contribution in [0.1, 0.15) is 5.56 Å². The summed E-state index contributed by atoms with van der Waals surface area (Å²) in [6, 6.07) is 12.1. The first-order valence-corrected chi connectivity index (χ1v) is 8.13. The summed E-state index contributed by atoms with van der Waals surface area (Å²) in [4.78, 5) is 0.251. The van der Waals surface area contributed by atoms with Gasteiger partial charge in [0, 0.05) is 19.2 Å². The normalized spacial score (nSPS) is 13.4. The highest BCUT2D eigenvalue weighted by atomic mass is 32.2. The molecule has 110 valence electrons. The van der Waals surface area contributed by atoms with E-state index < -0.39 is 10.0 Å². The molecule has 1 aliphatic rings. The first kappa shape index (κ1) is 13.8. The standard InChI is InChI=1S/C15H16N2O3S/c1-16-12-3-2-4-13(10-12)17-21(18,19)14-5-6-15-11(9-14)7-8-20-15/h2-6,9-10,16-17H,7-8H2,1H3. The van der Waals surface area contributed by atoms with E-state index in [9.17, 15) is 8.42 Å². The Balaban J connectivity index is 1.89. The van der Waals surface area contributed by atoms with Gasteiger partial charge in [0.2, 0.25) is 0 Å². The van der Waals surface area contributed by atoms with Crippen LogP contribution in [-0.2, 0) is 16.4 Å². The highest BCUT2D eigenvalue weighted by molar-refractivity contribution is 7.92. The topological polar surface area (TPSA) is 67.4 Å². The van der Waals surface area contributed by atoms with Crippen LogP contribution in [0.3, 0.4) is 0 Å². The Hall–Kier alpha value is -2.21. The number of hydrogen-bond donors (Lipinski definition) is 2. The lowest BCUT2D eigenvalue weighted by Gasteiger charge is -2.10. The first-order valence-electron chi connectivity index (χ1n) is 6.65. The van der Waals surface area contributed by atoms with Gasteiger partial charge in [-0.1, -0.05) is 6.07 Å². The molecule has 3 rings (SSSR count). The average molecular weight is 304 g/mol. The molecular weight excluding hydrogens is 288 g/mol. The number of benzene rings is 2. The number of rotatable bonds is 4. The second-order valence-electron chi connectivity index (χ2n) is 4.80. The first-order chi connectivity index (χ1) is 10.1. The number of fused-ring (bicyclic) bond motifs is 1. The minimum atomic E-state index is -3.59. The van der Waals surface area contributed by atoms with Crippen LogP contribution in [0.2, 0.25) is 0 Å². The third-order valence-corrected chi connectivity index (χ3v) is 4.75. The van der Waals surface area contributed by atoms with Gasteiger partial charge in [0.15, 0.2) is 0 Å². The lowest BCUT2D eigenvalue weighted by atomic mass is 10.2. The Kier molecular flexibility index (Phi) is 3.47. The van der Waals surface area contributed by atoms with Gasteiger partial charge < -0.3 is 10.1 Å². The van der Waals surface area contributed by atoms with Crippen molar-refractivity contribution in [1.82, 2.24) is 0 Å². The average Bonchev–Trinajstić information content (AvgIpc) is 2.94. The van der Waals surface area contributed by atoms with Crippen LogP contribution < -0.4 is 14.8 Å². The van der Waals surface area contributed by atoms with Gasteiger partial charge in [-0.15, -0.1) is 0 Å². The number of ether oxygens (including phenoxy) is 1. The van der Waals surface area contributed by atoms with Gasteiger partial charge in [-0.3, -0.25) is 4.72 Å². The van der Waals surface area contributed by atoms with Crippen LogP contribution in [0, 0.1) is 0 Å². The fraction of sp³-hybridized carbons (Fsp3) is 0.200. The van der Waals surface area contributed by atoms with Crippen molar-refractivity contribution >= 4 is 21.4 Å². The van der Waals surface area contributed by atoms with Crippen LogP contribution >= 0.6 is 0 Å². The lowest BCUT2D eigenvalue weighted by Crippen LogP contribution is -2.13. The molecule has 6 heteroatoms. The number of nitrogens with one attached hydrogen (secondary N) is 2. The molecule has 2 aromatic rings. The SMILES string of the molecule is CNc1cccc(NS(=O)(=O)c2ccc3c(c2)CCO3)c1. The maximum absolute atomic E-state index is 12.4. The smallest absolute Gasteiger partial charge is 0.261 e. The van der Waals surface area contributed by atoms with E-state index in [0.29, 0.717) is 12.3 Å². The van der Waals surface area contributed by atoms with E-state index in [1.54, 1.807) is 43.4 Å². The van der Waals surface area contributed by atoms with E-state index in [0.717, 1.165) is 23.4 Å². The molecule has 0 bridgehead atoms. The third kappa shape index (κ3) is 2.80. The molecule has 21 heavy (non-hydrogen) atoms. The van der Waals surface area contributed by atoms with E-state index in [1.165, 1.54) is 0 Å². The molecule has 0 atom stereocenters. The van der Waals surface area contributed by atoms with E-state index in [1.807, 2.05) is 6.07 Å². The predicted octanol–water partition coefficient (Wildman–Crippen LogP) is 2.46. The lowest BCUT2D eigenvalue weighted by molar-refractivity contribution is 0.356. The van der Waals surface area contributed by atoms with Gasteiger partial charge in [0.1, 0.15) is 5.75 Å². The van der Waals surface area contributed by atoms with Crippen LogP contribution in [0.15, 0.2) is 47.4 Å². The van der Waals surface area contributed by atoms with Crippen LogP contribution in [0.5, 0.6) is 5.75 Å². The summed E-state index contributed by atoms with van der Waals surface area (Å²) in [6.45, 7) is 0.608. The van der Waals surface area contributed by atoms with E-state index in [2.05, 4.69) is 10.0 Å². The zero-order chi connectivity index (χ0) is 14.9. The summed E-state index contributed by atoms with van der Waals surface area (Å²) in [6.07, 6.45) is 0.744. The number of hydrogen-bond acceptors (Lipinski definition) is 4. The van der Waals surface area contributed by atoms with Gasteiger partial charge in [0.05, 0.1) is 17.2 Å². The van der Waals surface area contributed by atoms with E-state index >= 15 is 0 Å². The Morgan fingerprint density at radius 2 is 1.90 bits per heavy atom. The second kappa shape index (κ2) is 5.29. The van der Waals surface area contributed by atoms with Crippen molar-refractivity contribution < 1.29 is 13.2 Å². The second-order valence-corrected chi connectivity index (χ2v) is 6.49. The fourth-order valence-electron chi connectivity index (χ4n) is 2.28. The van der Waals surface area contributed by atoms with Crippen molar-refractivity contribution in [1.29, 1.82) is 0 Å². The minimum Gasteiger partial charge on any atom is -0.493 e. The third-order valence-electron chi connectivity index (χ3n) is 3.37. The predicted molar refractivity (Wildman–Crippen MR) is 82.4 cm³/mol. The van der Waals surface area contributed by atoms with Crippen molar-refractivity contribution in [2.24, 2.45) is 0 Å². The number of anilines is 2. The Morgan fingerprint density at radius 3 is 2.71 bits per heavy atom.